The third kappa shape index (κ3) is 1.45. The molecule has 0 aromatic rings. The van der Waals surface area contributed by atoms with E-state index in [1.807, 2.05) is 13.8 Å². The summed E-state index contributed by atoms with van der Waals surface area (Å²) in [6, 6.07) is 0. The van der Waals surface area contributed by atoms with Gasteiger partial charge in [0.05, 0.1) is 0 Å². The lowest BCUT2D eigenvalue weighted by Gasteiger charge is -2.49. The maximum atomic E-state index is 13.2. The van der Waals surface area contributed by atoms with Gasteiger partial charge in [0.25, 0.3) is 5.91 Å². The zero-order valence-electron chi connectivity index (χ0n) is 8.15. The van der Waals surface area contributed by atoms with Gasteiger partial charge in [-0.1, -0.05) is 0 Å². The van der Waals surface area contributed by atoms with Gasteiger partial charge in [0.1, 0.15) is 0 Å². The number of halogens is 1. The van der Waals surface area contributed by atoms with Gasteiger partial charge in [0, 0.05) is 12.1 Å². The summed E-state index contributed by atoms with van der Waals surface area (Å²) in [6.45, 7) is 7.23. The van der Waals surface area contributed by atoms with E-state index in [4.69, 9.17) is 0 Å². The molecule has 70 valence electrons. The molecule has 0 aromatic carbocycles. The van der Waals surface area contributed by atoms with Crippen molar-refractivity contribution in [2.45, 2.75) is 45.3 Å². The van der Waals surface area contributed by atoms with Crippen LogP contribution in [0.3, 0.4) is 0 Å². The Morgan fingerprint density at radius 3 is 2.08 bits per heavy atom. The summed E-state index contributed by atoms with van der Waals surface area (Å²) >= 11 is 0. The molecule has 0 aliphatic carbocycles. The summed E-state index contributed by atoms with van der Waals surface area (Å²) in [5.74, 6) is -0.390. The molecule has 1 aliphatic rings. The van der Waals surface area contributed by atoms with Gasteiger partial charge < -0.3 is 4.90 Å². The van der Waals surface area contributed by atoms with E-state index in [0.717, 1.165) is 6.42 Å². The minimum atomic E-state index is -1.72. The lowest BCUT2D eigenvalue weighted by atomic mass is 9.87. The first kappa shape index (κ1) is 9.49. The molecule has 1 saturated heterocycles. The van der Waals surface area contributed by atoms with Crippen molar-refractivity contribution in [2.75, 3.05) is 6.54 Å². The van der Waals surface area contributed by atoms with E-state index in [2.05, 4.69) is 0 Å². The van der Waals surface area contributed by atoms with Crippen LogP contribution in [0.5, 0.6) is 0 Å². The number of hydrogen-bond donors (Lipinski definition) is 0. The highest BCUT2D eigenvalue weighted by atomic mass is 19.1. The molecular formula is C9H16FNO. The Morgan fingerprint density at radius 2 is 2.00 bits per heavy atom. The minimum Gasteiger partial charge on any atom is -0.335 e. The highest BCUT2D eigenvalue weighted by Gasteiger charge is 2.44. The van der Waals surface area contributed by atoms with Crippen molar-refractivity contribution in [1.29, 1.82) is 0 Å². The van der Waals surface area contributed by atoms with Gasteiger partial charge >= 0.3 is 0 Å². The number of rotatable bonds is 1. The van der Waals surface area contributed by atoms with Crippen LogP contribution in [0.4, 0.5) is 4.39 Å². The zero-order chi connectivity index (χ0) is 9.57. The van der Waals surface area contributed by atoms with Gasteiger partial charge in [-0.25, -0.2) is 4.39 Å². The van der Waals surface area contributed by atoms with Gasteiger partial charge in [-0.3, -0.25) is 4.79 Å². The van der Waals surface area contributed by atoms with E-state index < -0.39 is 11.6 Å². The molecule has 0 radical (unpaired) electrons. The zero-order valence-corrected chi connectivity index (χ0v) is 8.15. The molecule has 0 aromatic heterocycles. The van der Waals surface area contributed by atoms with Crippen LogP contribution in [0, 0.1) is 0 Å². The molecule has 0 saturated carbocycles. The van der Waals surface area contributed by atoms with Crippen LogP contribution in [-0.4, -0.2) is 28.6 Å². The van der Waals surface area contributed by atoms with Crippen LogP contribution < -0.4 is 0 Å². The molecule has 0 spiro atoms. The fraction of sp³-hybridized carbons (Fsp3) is 0.889. The number of carbonyl (C=O) groups excluding carboxylic acids is 1. The lowest BCUT2D eigenvalue weighted by Crippen LogP contribution is -2.62. The summed E-state index contributed by atoms with van der Waals surface area (Å²) in [5, 5.41) is 0. The SMILES string of the molecule is CC(C)(F)C(=O)N1CCC1(C)C. The lowest BCUT2D eigenvalue weighted by molar-refractivity contribution is -0.155. The predicted octanol–water partition coefficient (Wildman–Crippen LogP) is 1.75. The number of carbonyl (C=O) groups is 1. The summed E-state index contributed by atoms with van der Waals surface area (Å²) in [7, 11) is 0. The molecule has 12 heavy (non-hydrogen) atoms. The predicted molar refractivity (Wildman–Crippen MR) is 45.6 cm³/mol. The largest absolute Gasteiger partial charge is 0.335 e. The van der Waals surface area contributed by atoms with Crippen molar-refractivity contribution in [3.8, 4) is 0 Å². The molecule has 1 rings (SSSR count). The Kier molecular flexibility index (Phi) is 1.93. The van der Waals surface area contributed by atoms with Crippen molar-refractivity contribution in [2.24, 2.45) is 0 Å². The van der Waals surface area contributed by atoms with E-state index >= 15 is 0 Å². The highest BCUT2D eigenvalue weighted by Crippen LogP contribution is 2.32. The molecule has 0 unspecified atom stereocenters. The quantitative estimate of drug-likeness (QED) is 0.591. The van der Waals surface area contributed by atoms with Gasteiger partial charge in [-0.2, -0.15) is 0 Å². The maximum Gasteiger partial charge on any atom is 0.260 e. The van der Waals surface area contributed by atoms with Gasteiger partial charge in [0.2, 0.25) is 0 Å². The Labute approximate surface area is 72.7 Å². The van der Waals surface area contributed by atoms with Crippen LogP contribution >= 0.6 is 0 Å². The molecule has 3 heteroatoms. The standard InChI is InChI=1S/C9H16FNO/c1-8(2)5-6-11(8)7(12)9(3,4)10/h5-6H2,1-4H3. The number of likely N-dealkylation sites (tertiary alicyclic amines) is 1. The summed E-state index contributed by atoms with van der Waals surface area (Å²) < 4.78 is 13.2. The van der Waals surface area contributed by atoms with Gasteiger partial charge in [-0.15, -0.1) is 0 Å². The van der Waals surface area contributed by atoms with Gasteiger partial charge in [-0.05, 0) is 34.1 Å². The van der Waals surface area contributed by atoms with Crippen LogP contribution in [0.2, 0.25) is 0 Å². The first-order valence-electron chi connectivity index (χ1n) is 4.26. The minimum absolute atomic E-state index is 0.138. The second kappa shape index (κ2) is 2.44. The van der Waals surface area contributed by atoms with Crippen LogP contribution in [-0.2, 0) is 4.79 Å². The summed E-state index contributed by atoms with van der Waals surface area (Å²) in [4.78, 5) is 13.0. The second-order valence-electron chi connectivity index (χ2n) is 4.49. The molecule has 0 N–H and O–H groups in total. The van der Waals surface area contributed by atoms with Crippen molar-refractivity contribution in [3.63, 3.8) is 0 Å². The number of hydrogen-bond acceptors (Lipinski definition) is 1. The average molecular weight is 173 g/mol. The fourth-order valence-corrected chi connectivity index (χ4v) is 1.37. The number of alkyl halides is 1. The van der Waals surface area contributed by atoms with Gasteiger partial charge in [0.15, 0.2) is 5.67 Å². The summed E-state index contributed by atoms with van der Waals surface area (Å²) in [6.07, 6.45) is 0.967. The van der Waals surface area contributed by atoms with Crippen molar-refractivity contribution < 1.29 is 9.18 Å². The monoisotopic (exact) mass is 173 g/mol. The van der Waals surface area contributed by atoms with E-state index in [9.17, 15) is 9.18 Å². The van der Waals surface area contributed by atoms with Crippen LogP contribution in [0.15, 0.2) is 0 Å². The first-order valence-corrected chi connectivity index (χ1v) is 4.26. The molecule has 1 heterocycles. The Morgan fingerprint density at radius 1 is 1.50 bits per heavy atom. The maximum absolute atomic E-state index is 13.2. The third-order valence-electron chi connectivity index (χ3n) is 2.43. The van der Waals surface area contributed by atoms with Crippen LogP contribution in [0.1, 0.15) is 34.1 Å². The molecule has 0 bridgehead atoms. The Bertz CT molecular complexity index is 205. The van der Waals surface area contributed by atoms with E-state index in [-0.39, 0.29) is 5.54 Å². The molecule has 1 aliphatic heterocycles. The van der Waals surface area contributed by atoms with E-state index in [1.54, 1.807) is 4.90 Å². The smallest absolute Gasteiger partial charge is 0.260 e. The van der Waals surface area contributed by atoms with Crippen LogP contribution in [0.25, 0.3) is 0 Å². The van der Waals surface area contributed by atoms with E-state index in [0.29, 0.717) is 6.54 Å². The normalized spacial score (nSPS) is 21.9. The third-order valence-corrected chi connectivity index (χ3v) is 2.43. The summed E-state index contributed by atoms with van der Waals surface area (Å²) in [5.41, 5.74) is -1.86. The molecular weight excluding hydrogens is 157 g/mol. The topological polar surface area (TPSA) is 20.3 Å². The Balaban J connectivity index is 2.67. The molecule has 0 atom stereocenters. The first-order chi connectivity index (χ1) is 5.25. The fourth-order valence-electron chi connectivity index (χ4n) is 1.37. The van der Waals surface area contributed by atoms with E-state index in [1.165, 1.54) is 13.8 Å². The highest BCUT2D eigenvalue weighted by molar-refractivity contribution is 5.85. The molecule has 1 amide bonds. The number of nitrogens with zero attached hydrogens (tertiary/aromatic N) is 1. The number of amides is 1. The molecule has 1 fully saturated rings. The Hall–Kier alpha value is -0.600. The van der Waals surface area contributed by atoms with Crippen molar-refractivity contribution in [3.05, 3.63) is 0 Å². The average Bonchev–Trinajstić information content (AvgIpc) is 1.83. The van der Waals surface area contributed by atoms with Crippen molar-refractivity contribution in [1.82, 2.24) is 4.90 Å². The second-order valence-corrected chi connectivity index (χ2v) is 4.49. The molecule has 2 nitrogen and oxygen atoms in total. The van der Waals surface area contributed by atoms with Crippen molar-refractivity contribution >= 4 is 5.91 Å².